The quantitative estimate of drug-likeness (QED) is 0.877. The van der Waals surface area contributed by atoms with Crippen LogP contribution < -0.4 is 15.6 Å². The topological polar surface area (TPSA) is 71.2 Å². The van der Waals surface area contributed by atoms with Crippen molar-refractivity contribution in [3.63, 3.8) is 0 Å². The minimum absolute atomic E-state index is 0.0632. The number of amides is 1. The zero-order chi connectivity index (χ0) is 13.9. The first-order chi connectivity index (χ1) is 9.72. The lowest BCUT2D eigenvalue weighted by atomic mass is 10.1. The molecule has 1 aliphatic heterocycles. The Balaban J connectivity index is 1.59. The van der Waals surface area contributed by atoms with Gasteiger partial charge < -0.3 is 15.0 Å². The number of ether oxygens (including phenoxy) is 1. The predicted molar refractivity (Wildman–Crippen MR) is 74.0 cm³/mol. The van der Waals surface area contributed by atoms with Crippen LogP contribution in [0.15, 0.2) is 47.3 Å². The van der Waals surface area contributed by atoms with E-state index in [4.69, 9.17) is 4.74 Å². The number of rotatable bonds is 3. The van der Waals surface area contributed by atoms with Gasteiger partial charge in [-0.15, -0.1) is 0 Å². The molecule has 1 aromatic heterocycles. The number of aromatic amines is 1. The van der Waals surface area contributed by atoms with Crippen LogP contribution in [-0.4, -0.2) is 23.5 Å². The largest absolute Gasteiger partial charge is 0.488 e. The van der Waals surface area contributed by atoms with Crippen LogP contribution in [0.25, 0.3) is 0 Å². The van der Waals surface area contributed by atoms with E-state index in [0.717, 1.165) is 17.7 Å². The number of nitrogens with one attached hydrogen (secondary N) is 2. The summed E-state index contributed by atoms with van der Waals surface area (Å²) in [6.45, 7) is 0.407. The van der Waals surface area contributed by atoms with Crippen molar-refractivity contribution in [3.8, 4) is 5.75 Å². The van der Waals surface area contributed by atoms with Crippen molar-refractivity contribution in [3.05, 3.63) is 64.1 Å². The molecule has 5 heteroatoms. The average molecular weight is 270 g/mol. The van der Waals surface area contributed by atoms with Crippen LogP contribution in [0, 0.1) is 0 Å². The molecule has 5 nitrogen and oxygen atoms in total. The Hall–Kier alpha value is -2.56. The number of pyridine rings is 1. The highest BCUT2D eigenvalue weighted by molar-refractivity contribution is 5.92. The van der Waals surface area contributed by atoms with Gasteiger partial charge in [0.1, 0.15) is 17.5 Å². The molecule has 1 atom stereocenters. The van der Waals surface area contributed by atoms with E-state index < -0.39 is 0 Å². The molecule has 0 spiro atoms. The van der Waals surface area contributed by atoms with Gasteiger partial charge in [0.15, 0.2) is 0 Å². The molecule has 2 aromatic rings. The van der Waals surface area contributed by atoms with Gasteiger partial charge in [0.05, 0.1) is 6.54 Å². The lowest BCUT2D eigenvalue weighted by Crippen LogP contribution is -2.35. The highest BCUT2D eigenvalue weighted by atomic mass is 16.5. The number of hydrogen-bond donors (Lipinski definition) is 2. The van der Waals surface area contributed by atoms with Crippen LogP contribution >= 0.6 is 0 Å². The normalized spacial score (nSPS) is 16.3. The molecule has 0 aliphatic carbocycles. The third-order valence-corrected chi connectivity index (χ3v) is 3.22. The summed E-state index contributed by atoms with van der Waals surface area (Å²) >= 11 is 0. The van der Waals surface area contributed by atoms with E-state index in [-0.39, 0.29) is 23.3 Å². The van der Waals surface area contributed by atoms with Crippen LogP contribution in [-0.2, 0) is 6.42 Å². The van der Waals surface area contributed by atoms with Crippen molar-refractivity contribution >= 4 is 5.91 Å². The molecular weight excluding hydrogens is 256 g/mol. The highest BCUT2D eigenvalue weighted by Crippen LogP contribution is 2.27. The maximum Gasteiger partial charge on any atom is 0.267 e. The minimum atomic E-state index is -0.303. The third-order valence-electron chi connectivity index (χ3n) is 3.22. The number of carbonyl (C=O) groups is 1. The molecule has 1 aliphatic rings. The lowest BCUT2D eigenvalue weighted by molar-refractivity contribution is 0.0928. The SMILES string of the molecule is O=C(NCC1Cc2ccccc2O1)c1cccc(=O)[nH]1. The molecule has 1 amide bonds. The van der Waals surface area contributed by atoms with Gasteiger partial charge in [0.25, 0.3) is 5.91 Å². The molecule has 2 N–H and O–H groups in total. The smallest absolute Gasteiger partial charge is 0.267 e. The summed E-state index contributed by atoms with van der Waals surface area (Å²) in [6.07, 6.45) is 0.716. The fourth-order valence-corrected chi connectivity index (χ4v) is 2.25. The van der Waals surface area contributed by atoms with E-state index in [9.17, 15) is 9.59 Å². The second-order valence-corrected chi connectivity index (χ2v) is 4.69. The molecule has 0 fully saturated rings. The molecule has 3 rings (SSSR count). The Labute approximate surface area is 115 Å². The summed E-state index contributed by atoms with van der Waals surface area (Å²) in [7, 11) is 0. The van der Waals surface area contributed by atoms with Crippen molar-refractivity contribution in [2.75, 3.05) is 6.54 Å². The number of aromatic nitrogens is 1. The molecule has 0 radical (unpaired) electrons. The van der Waals surface area contributed by atoms with Gasteiger partial charge in [-0.05, 0) is 17.7 Å². The third kappa shape index (κ3) is 2.56. The van der Waals surface area contributed by atoms with E-state index in [0.29, 0.717) is 6.54 Å². The summed E-state index contributed by atoms with van der Waals surface area (Å²) in [5.74, 6) is 0.571. The van der Waals surface area contributed by atoms with E-state index in [2.05, 4.69) is 10.3 Å². The van der Waals surface area contributed by atoms with E-state index in [1.165, 1.54) is 6.07 Å². The van der Waals surface area contributed by atoms with Crippen LogP contribution in [0.5, 0.6) is 5.75 Å². The number of carbonyl (C=O) groups excluding carboxylic acids is 1. The standard InChI is InChI=1S/C15H14N2O3/c18-14-7-3-5-12(17-14)15(19)16-9-11-8-10-4-1-2-6-13(10)20-11/h1-7,11H,8-9H2,(H,16,19)(H,17,18). The van der Waals surface area contributed by atoms with E-state index in [1.54, 1.807) is 12.1 Å². The van der Waals surface area contributed by atoms with E-state index >= 15 is 0 Å². The Morgan fingerprint density at radius 3 is 2.90 bits per heavy atom. The Morgan fingerprint density at radius 2 is 2.10 bits per heavy atom. The van der Waals surface area contributed by atoms with Crippen LogP contribution in [0.3, 0.4) is 0 Å². The second kappa shape index (κ2) is 5.21. The van der Waals surface area contributed by atoms with Gasteiger partial charge in [0, 0.05) is 12.5 Å². The number of fused-ring (bicyclic) bond motifs is 1. The molecule has 20 heavy (non-hydrogen) atoms. The molecule has 1 aromatic carbocycles. The minimum Gasteiger partial charge on any atom is -0.488 e. The fourth-order valence-electron chi connectivity index (χ4n) is 2.25. The van der Waals surface area contributed by atoms with Gasteiger partial charge in [-0.2, -0.15) is 0 Å². The van der Waals surface area contributed by atoms with Crippen molar-refractivity contribution in [1.29, 1.82) is 0 Å². The van der Waals surface area contributed by atoms with Gasteiger partial charge in [-0.25, -0.2) is 0 Å². The number of hydrogen-bond acceptors (Lipinski definition) is 3. The van der Waals surface area contributed by atoms with Crippen LogP contribution in [0.4, 0.5) is 0 Å². The lowest BCUT2D eigenvalue weighted by Gasteiger charge is -2.11. The highest BCUT2D eigenvalue weighted by Gasteiger charge is 2.22. The summed E-state index contributed by atoms with van der Waals surface area (Å²) in [5, 5.41) is 2.77. The summed E-state index contributed by atoms with van der Waals surface area (Å²) in [4.78, 5) is 25.5. The molecular formula is C15H14N2O3. The van der Waals surface area contributed by atoms with Gasteiger partial charge in [0.2, 0.25) is 5.56 Å². The molecule has 2 heterocycles. The van der Waals surface area contributed by atoms with Crippen molar-refractivity contribution in [1.82, 2.24) is 10.3 Å². The first-order valence-corrected chi connectivity index (χ1v) is 6.44. The van der Waals surface area contributed by atoms with Crippen molar-refractivity contribution < 1.29 is 9.53 Å². The Morgan fingerprint density at radius 1 is 1.25 bits per heavy atom. The number of H-pyrrole nitrogens is 1. The van der Waals surface area contributed by atoms with Crippen molar-refractivity contribution in [2.24, 2.45) is 0 Å². The number of benzene rings is 1. The Bertz CT molecular complexity index is 668. The summed E-state index contributed by atoms with van der Waals surface area (Å²) in [5.41, 5.74) is 1.12. The fraction of sp³-hybridized carbons (Fsp3) is 0.200. The molecule has 0 saturated heterocycles. The van der Waals surface area contributed by atoms with Crippen LogP contribution in [0.1, 0.15) is 16.1 Å². The molecule has 0 saturated carbocycles. The first kappa shape index (κ1) is 12.5. The van der Waals surface area contributed by atoms with Crippen LogP contribution in [0.2, 0.25) is 0 Å². The van der Waals surface area contributed by atoms with Gasteiger partial charge in [-0.1, -0.05) is 24.3 Å². The van der Waals surface area contributed by atoms with Gasteiger partial charge in [-0.3, -0.25) is 9.59 Å². The summed E-state index contributed by atoms with van der Waals surface area (Å²) < 4.78 is 5.73. The maximum absolute atomic E-state index is 11.9. The molecule has 1 unspecified atom stereocenters. The zero-order valence-electron chi connectivity index (χ0n) is 10.8. The van der Waals surface area contributed by atoms with Crippen molar-refractivity contribution in [2.45, 2.75) is 12.5 Å². The second-order valence-electron chi connectivity index (χ2n) is 4.69. The molecule has 102 valence electrons. The van der Waals surface area contributed by atoms with Gasteiger partial charge >= 0.3 is 0 Å². The Kier molecular flexibility index (Phi) is 3.25. The monoisotopic (exact) mass is 270 g/mol. The number of para-hydroxylation sites is 1. The average Bonchev–Trinajstić information content (AvgIpc) is 2.87. The molecule has 0 bridgehead atoms. The maximum atomic E-state index is 11.9. The predicted octanol–water partition coefficient (Wildman–Crippen LogP) is 1.11. The summed E-state index contributed by atoms with van der Waals surface area (Å²) in [6, 6.07) is 12.3. The first-order valence-electron chi connectivity index (χ1n) is 6.44. The van der Waals surface area contributed by atoms with E-state index in [1.807, 2.05) is 24.3 Å². The zero-order valence-corrected chi connectivity index (χ0v) is 10.8.